The first-order valence-corrected chi connectivity index (χ1v) is 4.85. The van der Waals surface area contributed by atoms with Crippen molar-refractivity contribution in [2.45, 2.75) is 0 Å². The molecule has 0 fully saturated rings. The van der Waals surface area contributed by atoms with E-state index in [4.69, 9.17) is 4.18 Å². The zero-order chi connectivity index (χ0) is 7.40. The van der Waals surface area contributed by atoms with Crippen LogP contribution < -0.4 is 4.18 Å². The Morgan fingerprint density at radius 1 is 1.27 bits per heavy atom. The number of para-hydroxylation sites is 1. The van der Waals surface area contributed by atoms with Gasteiger partial charge in [0.05, 0.1) is 0 Å². The summed E-state index contributed by atoms with van der Waals surface area (Å²) >= 11 is 4.35. The first kappa shape index (κ1) is 11.4. The molecule has 0 heterocycles. The summed E-state index contributed by atoms with van der Waals surface area (Å²) in [7, 11) is -1.94. The van der Waals surface area contributed by atoms with E-state index in [1.165, 1.54) is 0 Å². The van der Waals surface area contributed by atoms with E-state index >= 15 is 0 Å². The molecule has 0 aliphatic carbocycles. The molecular formula is C6H7NaO2S2. The fourth-order valence-electron chi connectivity index (χ4n) is 0.567. The maximum atomic E-state index is 10.4. The molecule has 0 aliphatic rings. The Kier molecular flexibility index (Phi) is 6.18. The third-order valence-corrected chi connectivity index (χ3v) is 1.51. The summed E-state index contributed by atoms with van der Waals surface area (Å²) in [6.45, 7) is 0. The van der Waals surface area contributed by atoms with E-state index in [1.54, 1.807) is 24.3 Å². The van der Waals surface area contributed by atoms with Crippen molar-refractivity contribution in [1.29, 1.82) is 0 Å². The minimum absolute atomic E-state index is 0. The Bertz CT molecular complexity index is 263. The van der Waals surface area contributed by atoms with Gasteiger partial charge in [0.15, 0.2) is 9.64 Å². The standard InChI is InChI=1S/C6H6O2S2.Na.H/c7-10(9)8-6-4-2-1-3-5-6;;/h1-5,10H;;. The molecule has 0 amide bonds. The summed E-state index contributed by atoms with van der Waals surface area (Å²) in [5, 5.41) is 0. The first-order chi connectivity index (χ1) is 4.79. The topological polar surface area (TPSA) is 26.3 Å². The van der Waals surface area contributed by atoms with Gasteiger partial charge in [0, 0.05) is 11.2 Å². The molecule has 0 N–H and O–H groups in total. The van der Waals surface area contributed by atoms with Crippen molar-refractivity contribution in [3.8, 4) is 5.75 Å². The Balaban J connectivity index is 0.000001000. The summed E-state index contributed by atoms with van der Waals surface area (Å²) in [6, 6.07) is 8.86. The second-order valence-corrected chi connectivity index (χ2v) is 3.15. The zero-order valence-electron chi connectivity index (χ0n) is 5.06. The number of thiol groups is 1. The summed E-state index contributed by atoms with van der Waals surface area (Å²) in [5.41, 5.74) is 0. The summed E-state index contributed by atoms with van der Waals surface area (Å²) in [5.74, 6) is 0.554. The average Bonchev–Trinajstić information content (AvgIpc) is 1.88. The number of hydrogen-bond acceptors (Lipinski definition) is 3. The third-order valence-electron chi connectivity index (χ3n) is 0.923. The maximum absolute atomic E-state index is 10.4. The Hall–Kier alpha value is 0.390. The van der Waals surface area contributed by atoms with Crippen molar-refractivity contribution in [1.82, 2.24) is 0 Å². The fourth-order valence-corrected chi connectivity index (χ4v) is 1.12. The van der Waals surface area contributed by atoms with Gasteiger partial charge < -0.3 is 4.18 Å². The first-order valence-electron chi connectivity index (χ1n) is 2.66. The van der Waals surface area contributed by atoms with Gasteiger partial charge in [-0.15, -0.1) is 0 Å². The summed E-state index contributed by atoms with van der Waals surface area (Å²) in [6.07, 6.45) is 0. The van der Waals surface area contributed by atoms with Gasteiger partial charge in [-0.2, -0.15) is 0 Å². The van der Waals surface area contributed by atoms with Gasteiger partial charge >= 0.3 is 29.6 Å². The molecule has 11 heavy (non-hydrogen) atoms. The van der Waals surface area contributed by atoms with E-state index < -0.39 is 9.64 Å². The molecule has 1 atom stereocenters. The molecule has 0 spiro atoms. The van der Waals surface area contributed by atoms with Crippen LogP contribution in [0.25, 0.3) is 0 Å². The molecule has 0 bridgehead atoms. The van der Waals surface area contributed by atoms with Crippen molar-refractivity contribution in [2.24, 2.45) is 0 Å². The van der Waals surface area contributed by atoms with Gasteiger partial charge in [0.1, 0.15) is 5.75 Å². The normalized spacial score (nSPS) is 11.3. The van der Waals surface area contributed by atoms with Crippen molar-refractivity contribution in [2.75, 3.05) is 0 Å². The van der Waals surface area contributed by atoms with E-state index in [2.05, 4.69) is 11.2 Å². The summed E-state index contributed by atoms with van der Waals surface area (Å²) in [4.78, 5) is 0. The van der Waals surface area contributed by atoms with E-state index in [0.717, 1.165) is 0 Å². The summed E-state index contributed by atoms with van der Waals surface area (Å²) < 4.78 is 15.1. The molecule has 0 aromatic heterocycles. The molecule has 56 valence electrons. The van der Waals surface area contributed by atoms with Crippen molar-refractivity contribution in [3.05, 3.63) is 30.3 Å². The predicted molar refractivity (Wildman–Crippen MR) is 51.1 cm³/mol. The third kappa shape index (κ3) is 4.76. The molecule has 1 aromatic rings. The number of hydrogen-bond donors (Lipinski definition) is 1. The molecule has 0 radical (unpaired) electrons. The monoisotopic (exact) mass is 198 g/mol. The molecule has 2 nitrogen and oxygen atoms in total. The van der Waals surface area contributed by atoms with Crippen LogP contribution in [0.3, 0.4) is 0 Å². The SMILES string of the molecule is O=[SH](=S)Oc1ccccc1.[NaH]. The van der Waals surface area contributed by atoms with Crippen LogP contribution in [-0.4, -0.2) is 33.8 Å². The molecule has 1 unspecified atom stereocenters. The van der Waals surface area contributed by atoms with Crippen LogP contribution in [-0.2, 0) is 20.8 Å². The van der Waals surface area contributed by atoms with Crippen LogP contribution in [0.1, 0.15) is 0 Å². The van der Waals surface area contributed by atoms with Crippen LogP contribution in [0, 0.1) is 0 Å². The molecule has 0 saturated heterocycles. The zero-order valence-corrected chi connectivity index (χ0v) is 6.77. The average molecular weight is 198 g/mol. The molecule has 1 aromatic carbocycles. The van der Waals surface area contributed by atoms with Crippen LogP contribution in [0.15, 0.2) is 30.3 Å². The molecule has 0 saturated carbocycles. The van der Waals surface area contributed by atoms with Crippen LogP contribution in [0.4, 0.5) is 0 Å². The van der Waals surface area contributed by atoms with Gasteiger partial charge in [-0.3, -0.25) is 0 Å². The van der Waals surface area contributed by atoms with Crippen molar-refractivity contribution >= 4 is 50.4 Å². The minimum atomic E-state index is -1.94. The quantitative estimate of drug-likeness (QED) is 0.546. The molecule has 1 rings (SSSR count). The van der Waals surface area contributed by atoms with Gasteiger partial charge in [-0.25, -0.2) is 4.21 Å². The van der Waals surface area contributed by atoms with Gasteiger partial charge in [-0.05, 0) is 12.1 Å². The van der Waals surface area contributed by atoms with Crippen LogP contribution in [0.2, 0.25) is 0 Å². The Morgan fingerprint density at radius 2 is 1.82 bits per heavy atom. The van der Waals surface area contributed by atoms with Crippen molar-refractivity contribution in [3.63, 3.8) is 0 Å². The van der Waals surface area contributed by atoms with E-state index in [0.29, 0.717) is 5.75 Å². The van der Waals surface area contributed by atoms with Crippen LogP contribution >= 0.6 is 0 Å². The van der Waals surface area contributed by atoms with Gasteiger partial charge in [0.25, 0.3) is 0 Å². The van der Waals surface area contributed by atoms with Gasteiger partial charge in [0.2, 0.25) is 0 Å². The van der Waals surface area contributed by atoms with Crippen molar-refractivity contribution < 1.29 is 8.39 Å². The predicted octanol–water partition coefficient (Wildman–Crippen LogP) is 0.275. The number of rotatable bonds is 2. The van der Waals surface area contributed by atoms with E-state index in [9.17, 15) is 4.21 Å². The molecular weight excluding hydrogens is 191 g/mol. The fraction of sp³-hybridized carbons (Fsp3) is 0. The Labute approximate surface area is 94.2 Å². The molecule has 0 aliphatic heterocycles. The van der Waals surface area contributed by atoms with E-state index in [1.807, 2.05) is 6.07 Å². The van der Waals surface area contributed by atoms with Crippen LogP contribution in [0.5, 0.6) is 5.75 Å². The second kappa shape index (κ2) is 5.97. The van der Waals surface area contributed by atoms with E-state index in [-0.39, 0.29) is 29.6 Å². The number of benzene rings is 1. The molecule has 5 heteroatoms. The van der Waals surface area contributed by atoms with Gasteiger partial charge in [-0.1, -0.05) is 18.2 Å². The second-order valence-electron chi connectivity index (χ2n) is 1.63. The Morgan fingerprint density at radius 3 is 2.27 bits per heavy atom.